The minimum absolute atomic E-state index is 0.176. The molecule has 2 fully saturated rings. The maximum atomic E-state index is 12.6. The third kappa shape index (κ3) is 4.61. The van der Waals surface area contributed by atoms with Crippen LogP contribution in [0.5, 0.6) is 0 Å². The van der Waals surface area contributed by atoms with Crippen molar-refractivity contribution in [1.29, 1.82) is 0 Å². The van der Waals surface area contributed by atoms with E-state index in [-0.39, 0.29) is 12.0 Å². The molecule has 142 valence electrons. The molecule has 4 rings (SSSR count). The van der Waals surface area contributed by atoms with Gasteiger partial charge in [0.25, 0.3) is 0 Å². The maximum absolute atomic E-state index is 12.6. The monoisotopic (exact) mass is 367 g/mol. The molecule has 0 radical (unpaired) electrons. The Balaban J connectivity index is 1.35. The lowest BCUT2D eigenvalue weighted by Gasteiger charge is -2.33. The number of rotatable bonds is 5. The van der Waals surface area contributed by atoms with Gasteiger partial charge in [-0.05, 0) is 50.2 Å². The van der Waals surface area contributed by atoms with Crippen LogP contribution in [0.25, 0.3) is 0 Å². The summed E-state index contributed by atoms with van der Waals surface area (Å²) in [6.45, 7) is 4.35. The number of hydrogen-bond donors (Lipinski definition) is 1. The number of carbonyl (C=O) groups excluding carboxylic acids is 1. The quantitative estimate of drug-likeness (QED) is 0.874. The molecule has 1 atom stereocenters. The fraction of sp³-hybridized carbons (Fsp3) is 0.450. The van der Waals surface area contributed by atoms with Crippen molar-refractivity contribution < 1.29 is 9.53 Å². The average molecular weight is 367 g/mol. The van der Waals surface area contributed by atoms with Crippen LogP contribution in [-0.2, 0) is 9.53 Å². The van der Waals surface area contributed by atoms with Crippen molar-refractivity contribution in [3.63, 3.8) is 0 Å². The Morgan fingerprint density at radius 3 is 2.78 bits per heavy atom. The predicted octanol–water partition coefficient (Wildman–Crippen LogP) is 2.22. The Bertz CT molecular complexity index is 747. The summed E-state index contributed by atoms with van der Waals surface area (Å²) in [5.74, 6) is 0.971. The number of carbonyl (C=O) groups is 1. The molecular weight excluding hydrogens is 342 g/mol. The Morgan fingerprint density at radius 2 is 2.04 bits per heavy atom. The summed E-state index contributed by atoms with van der Waals surface area (Å²) in [7, 11) is 0. The predicted molar refractivity (Wildman–Crippen MR) is 103 cm³/mol. The number of amides is 1. The highest BCUT2D eigenvalue weighted by atomic mass is 16.5. The molecule has 27 heavy (non-hydrogen) atoms. The van der Waals surface area contributed by atoms with Crippen molar-refractivity contribution in [3.05, 3.63) is 48.4 Å². The van der Waals surface area contributed by atoms with E-state index in [1.807, 2.05) is 35.2 Å². The second kappa shape index (κ2) is 8.45. The lowest BCUT2D eigenvalue weighted by molar-refractivity contribution is -0.140. The van der Waals surface area contributed by atoms with E-state index in [1.54, 1.807) is 12.4 Å². The number of anilines is 2. The van der Waals surface area contributed by atoms with Gasteiger partial charge in [-0.25, -0.2) is 4.98 Å². The van der Waals surface area contributed by atoms with Gasteiger partial charge in [-0.2, -0.15) is 0 Å². The van der Waals surface area contributed by atoms with Gasteiger partial charge in [-0.3, -0.25) is 14.7 Å². The first-order valence-corrected chi connectivity index (χ1v) is 9.54. The maximum Gasteiger partial charge on any atom is 0.236 e. The molecule has 2 saturated heterocycles. The first-order chi connectivity index (χ1) is 13.3. The summed E-state index contributed by atoms with van der Waals surface area (Å²) >= 11 is 0. The smallest absolute Gasteiger partial charge is 0.236 e. The number of pyridine rings is 2. The van der Waals surface area contributed by atoms with E-state index < -0.39 is 0 Å². The average Bonchev–Trinajstić information content (AvgIpc) is 3.22. The van der Waals surface area contributed by atoms with Crippen molar-refractivity contribution >= 4 is 17.4 Å². The van der Waals surface area contributed by atoms with Crippen LogP contribution in [0.2, 0.25) is 0 Å². The van der Waals surface area contributed by atoms with E-state index in [0.29, 0.717) is 26.2 Å². The Hall–Kier alpha value is -2.51. The normalized spacial score (nSPS) is 20.6. The van der Waals surface area contributed by atoms with Crippen LogP contribution >= 0.6 is 0 Å². The van der Waals surface area contributed by atoms with Crippen LogP contribution in [0, 0.1) is 0 Å². The van der Waals surface area contributed by atoms with Crippen LogP contribution < -0.4 is 5.32 Å². The number of nitrogens with one attached hydrogen (secondary N) is 1. The van der Waals surface area contributed by atoms with Crippen LogP contribution in [0.4, 0.5) is 11.5 Å². The van der Waals surface area contributed by atoms with Gasteiger partial charge < -0.3 is 15.0 Å². The van der Waals surface area contributed by atoms with Gasteiger partial charge in [-0.1, -0.05) is 6.07 Å². The van der Waals surface area contributed by atoms with Gasteiger partial charge in [0.2, 0.25) is 5.91 Å². The molecule has 0 bridgehead atoms. The standard InChI is InChI=1S/C20H25N5O2/c26-20(15-24-9-3-4-10-24)25-11-12-27-18(14-25)17-7-6-16(13-22-17)23-19-5-1-2-8-21-19/h1-2,5-8,13,18H,3-4,9-12,14-15H2,(H,21,23)/t18-/m1/s1. The SMILES string of the molecule is O=C(CN1CCCC1)N1CCO[C@@H](c2ccc(Nc3ccccn3)cn2)C1. The van der Waals surface area contributed by atoms with Gasteiger partial charge in [-0.15, -0.1) is 0 Å². The number of aromatic nitrogens is 2. The Morgan fingerprint density at radius 1 is 1.15 bits per heavy atom. The lowest BCUT2D eigenvalue weighted by Crippen LogP contribution is -2.46. The van der Waals surface area contributed by atoms with Crippen molar-refractivity contribution in [2.24, 2.45) is 0 Å². The summed E-state index contributed by atoms with van der Waals surface area (Å²) in [5.41, 5.74) is 1.72. The van der Waals surface area contributed by atoms with E-state index in [4.69, 9.17) is 4.74 Å². The van der Waals surface area contributed by atoms with Gasteiger partial charge in [0.1, 0.15) is 11.9 Å². The molecule has 0 saturated carbocycles. The minimum atomic E-state index is -0.176. The number of likely N-dealkylation sites (tertiary alicyclic amines) is 1. The van der Waals surface area contributed by atoms with Crippen molar-refractivity contribution in [2.75, 3.05) is 44.6 Å². The molecule has 2 aliphatic heterocycles. The molecule has 1 amide bonds. The van der Waals surface area contributed by atoms with Crippen molar-refractivity contribution in [1.82, 2.24) is 19.8 Å². The second-order valence-corrected chi connectivity index (χ2v) is 6.99. The van der Waals surface area contributed by atoms with E-state index in [1.165, 1.54) is 12.8 Å². The largest absolute Gasteiger partial charge is 0.368 e. The topological polar surface area (TPSA) is 70.6 Å². The molecule has 0 aliphatic carbocycles. The Labute approximate surface area is 159 Å². The highest BCUT2D eigenvalue weighted by molar-refractivity contribution is 5.78. The van der Waals surface area contributed by atoms with Crippen LogP contribution in [0.15, 0.2) is 42.7 Å². The minimum Gasteiger partial charge on any atom is -0.368 e. The molecule has 7 nitrogen and oxygen atoms in total. The summed E-state index contributed by atoms with van der Waals surface area (Å²) in [5, 5.41) is 3.22. The fourth-order valence-corrected chi connectivity index (χ4v) is 3.54. The zero-order chi connectivity index (χ0) is 18.5. The van der Waals surface area contributed by atoms with E-state index in [0.717, 1.165) is 30.3 Å². The molecule has 7 heteroatoms. The van der Waals surface area contributed by atoms with E-state index in [2.05, 4.69) is 20.2 Å². The van der Waals surface area contributed by atoms with Gasteiger partial charge in [0, 0.05) is 12.7 Å². The summed E-state index contributed by atoms with van der Waals surface area (Å²) in [6, 6.07) is 9.63. The highest BCUT2D eigenvalue weighted by Crippen LogP contribution is 2.23. The van der Waals surface area contributed by atoms with E-state index >= 15 is 0 Å². The lowest BCUT2D eigenvalue weighted by atomic mass is 10.1. The molecule has 4 heterocycles. The van der Waals surface area contributed by atoms with Gasteiger partial charge in [0.15, 0.2) is 0 Å². The van der Waals surface area contributed by atoms with Crippen LogP contribution in [0.3, 0.4) is 0 Å². The first kappa shape index (κ1) is 17.9. The van der Waals surface area contributed by atoms with Gasteiger partial charge in [0.05, 0.1) is 37.3 Å². The first-order valence-electron chi connectivity index (χ1n) is 9.54. The van der Waals surface area contributed by atoms with Crippen molar-refractivity contribution in [2.45, 2.75) is 18.9 Å². The van der Waals surface area contributed by atoms with Crippen molar-refractivity contribution in [3.8, 4) is 0 Å². The third-order valence-corrected chi connectivity index (χ3v) is 5.03. The molecule has 1 N–H and O–H groups in total. The van der Waals surface area contributed by atoms with Crippen LogP contribution in [0.1, 0.15) is 24.6 Å². The molecular formula is C20H25N5O2. The second-order valence-electron chi connectivity index (χ2n) is 6.99. The molecule has 0 unspecified atom stereocenters. The zero-order valence-electron chi connectivity index (χ0n) is 15.4. The van der Waals surface area contributed by atoms with Gasteiger partial charge >= 0.3 is 0 Å². The summed E-state index contributed by atoms with van der Waals surface area (Å²) in [6.07, 6.45) is 5.74. The highest BCUT2D eigenvalue weighted by Gasteiger charge is 2.27. The third-order valence-electron chi connectivity index (χ3n) is 5.03. The number of ether oxygens (including phenoxy) is 1. The number of morpholine rings is 1. The fourth-order valence-electron chi connectivity index (χ4n) is 3.54. The van der Waals surface area contributed by atoms with Crippen LogP contribution in [-0.4, -0.2) is 65.0 Å². The molecule has 0 spiro atoms. The Kier molecular flexibility index (Phi) is 5.60. The number of hydrogen-bond acceptors (Lipinski definition) is 6. The number of nitrogens with zero attached hydrogens (tertiary/aromatic N) is 4. The molecule has 2 aliphatic rings. The zero-order valence-corrected chi connectivity index (χ0v) is 15.4. The summed E-state index contributed by atoms with van der Waals surface area (Å²) < 4.78 is 5.87. The molecule has 2 aromatic heterocycles. The molecule has 2 aromatic rings. The molecule has 0 aromatic carbocycles. The van der Waals surface area contributed by atoms with E-state index in [9.17, 15) is 4.79 Å². The summed E-state index contributed by atoms with van der Waals surface area (Å²) in [4.78, 5) is 25.5.